The van der Waals surface area contributed by atoms with Crippen LogP contribution in [0.3, 0.4) is 0 Å². The lowest BCUT2D eigenvalue weighted by molar-refractivity contribution is -0.129. The Kier molecular flexibility index (Phi) is 5.85. The number of halogens is 2. The van der Waals surface area contributed by atoms with Crippen LogP contribution in [0, 0.1) is 11.8 Å². The third kappa shape index (κ3) is 3.92. The second-order valence-electron chi connectivity index (χ2n) is 7.77. The second-order valence-corrected chi connectivity index (χ2v) is 7.77. The number of nitrogens with two attached hydrogens (primary N) is 1. The Morgan fingerprint density at radius 3 is 2.62 bits per heavy atom. The minimum atomic E-state index is -2.93. The van der Waals surface area contributed by atoms with Crippen LogP contribution < -0.4 is 10.5 Å². The van der Waals surface area contributed by atoms with Crippen LogP contribution in [0.2, 0.25) is 0 Å². The van der Waals surface area contributed by atoms with Crippen LogP contribution in [-0.4, -0.2) is 44.1 Å². The molecule has 166 valence electrons. The summed E-state index contributed by atoms with van der Waals surface area (Å²) in [5.74, 6) is 5.87. The highest BCUT2D eigenvalue weighted by Gasteiger charge is 2.50. The van der Waals surface area contributed by atoms with Crippen molar-refractivity contribution >= 4 is 11.9 Å². The Balaban J connectivity index is 1.87. The topological polar surface area (TPSA) is 77.2 Å². The third-order valence-corrected chi connectivity index (χ3v) is 5.63. The Morgan fingerprint density at radius 2 is 2.00 bits per heavy atom. The SMILES string of the molecule is COCC#Cc1cccc(C2(c3ccc(OC(F)F)c(C4CC4)c3)N=C(N)N(C)C2=O)c1. The summed E-state index contributed by atoms with van der Waals surface area (Å²) in [7, 11) is 3.12. The number of hydrogen-bond donors (Lipinski definition) is 1. The van der Waals surface area contributed by atoms with E-state index in [1.165, 1.54) is 11.0 Å². The van der Waals surface area contributed by atoms with E-state index in [0.29, 0.717) is 22.3 Å². The van der Waals surface area contributed by atoms with E-state index in [9.17, 15) is 13.6 Å². The van der Waals surface area contributed by atoms with Crippen LogP contribution in [-0.2, 0) is 15.1 Å². The summed E-state index contributed by atoms with van der Waals surface area (Å²) in [5, 5.41) is 0. The van der Waals surface area contributed by atoms with Crippen LogP contribution in [0.5, 0.6) is 5.75 Å². The van der Waals surface area contributed by atoms with Crippen molar-refractivity contribution in [3.05, 3.63) is 64.7 Å². The molecule has 8 heteroatoms. The number of carbonyl (C=O) groups excluding carboxylic acids is 1. The molecule has 2 aliphatic rings. The molecule has 32 heavy (non-hydrogen) atoms. The summed E-state index contributed by atoms with van der Waals surface area (Å²) in [6.07, 6.45) is 1.75. The number of amides is 1. The summed E-state index contributed by atoms with van der Waals surface area (Å²) >= 11 is 0. The molecule has 1 aliphatic carbocycles. The van der Waals surface area contributed by atoms with Gasteiger partial charge in [-0.25, -0.2) is 4.99 Å². The van der Waals surface area contributed by atoms with Crippen molar-refractivity contribution in [3.63, 3.8) is 0 Å². The summed E-state index contributed by atoms with van der Waals surface area (Å²) < 4.78 is 35.5. The molecule has 1 amide bonds. The van der Waals surface area contributed by atoms with Crippen LogP contribution >= 0.6 is 0 Å². The predicted octanol–water partition coefficient (Wildman–Crippen LogP) is 3.19. The number of alkyl halides is 2. The molecule has 0 bridgehead atoms. The second kappa shape index (κ2) is 8.60. The maximum atomic E-state index is 13.5. The maximum Gasteiger partial charge on any atom is 0.387 e. The zero-order chi connectivity index (χ0) is 22.9. The van der Waals surface area contributed by atoms with Crippen molar-refractivity contribution in [2.24, 2.45) is 10.7 Å². The molecule has 0 radical (unpaired) electrons. The number of carbonyl (C=O) groups is 1. The quantitative estimate of drug-likeness (QED) is 0.702. The standard InChI is InChI=1S/C24H23F2N3O3/c1-29-21(30)24(28-23(29)27,17-7-3-5-15(13-17)6-4-12-31-2)18-10-11-20(32-22(25)26)19(14-18)16-8-9-16/h3,5,7,10-11,13-14,16,22H,8-9,12H2,1-2H3,(H2,27,28). The number of hydrogen-bond acceptors (Lipinski definition) is 5. The molecule has 2 aromatic rings. The summed E-state index contributed by atoms with van der Waals surface area (Å²) in [4.78, 5) is 19.4. The highest BCUT2D eigenvalue weighted by Crippen LogP contribution is 2.48. The van der Waals surface area contributed by atoms with Crippen molar-refractivity contribution in [1.29, 1.82) is 0 Å². The van der Waals surface area contributed by atoms with Crippen LogP contribution in [0.4, 0.5) is 8.78 Å². The van der Waals surface area contributed by atoms with Crippen molar-refractivity contribution < 1.29 is 23.0 Å². The predicted molar refractivity (Wildman–Crippen MR) is 115 cm³/mol. The average molecular weight is 439 g/mol. The van der Waals surface area contributed by atoms with Gasteiger partial charge in [0.2, 0.25) is 0 Å². The molecule has 1 saturated carbocycles. The lowest BCUT2D eigenvalue weighted by atomic mass is 9.81. The largest absolute Gasteiger partial charge is 0.435 e. The van der Waals surface area contributed by atoms with Gasteiger partial charge >= 0.3 is 6.61 Å². The zero-order valence-corrected chi connectivity index (χ0v) is 17.8. The van der Waals surface area contributed by atoms with Crippen LogP contribution in [0.25, 0.3) is 0 Å². The Morgan fingerprint density at radius 1 is 1.25 bits per heavy atom. The summed E-state index contributed by atoms with van der Waals surface area (Å²) in [6.45, 7) is -2.65. The lowest BCUT2D eigenvalue weighted by Gasteiger charge is -2.27. The lowest BCUT2D eigenvalue weighted by Crippen LogP contribution is -2.41. The number of ether oxygens (including phenoxy) is 2. The number of benzene rings is 2. The molecule has 6 nitrogen and oxygen atoms in total. The molecule has 1 fully saturated rings. The Bertz CT molecular complexity index is 1130. The molecule has 1 unspecified atom stereocenters. The van der Waals surface area contributed by atoms with E-state index in [-0.39, 0.29) is 30.1 Å². The van der Waals surface area contributed by atoms with E-state index in [1.807, 2.05) is 6.07 Å². The van der Waals surface area contributed by atoms with Gasteiger partial charge in [0.05, 0.1) is 0 Å². The van der Waals surface area contributed by atoms with Crippen molar-refractivity contribution in [2.75, 3.05) is 20.8 Å². The fourth-order valence-electron chi connectivity index (χ4n) is 3.91. The van der Waals surface area contributed by atoms with E-state index >= 15 is 0 Å². The number of methoxy groups -OCH3 is 1. The molecule has 0 spiro atoms. The molecular weight excluding hydrogens is 416 g/mol. The monoisotopic (exact) mass is 439 g/mol. The summed E-state index contributed by atoms with van der Waals surface area (Å²) in [6, 6.07) is 12.0. The number of rotatable bonds is 6. The Hall–Kier alpha value is -3.44. The third-order valence-electron chi connectivity index (χ3n) is 5.63. The number of guanidine groups is 1. The van der Waals surface area contributed by atoms with Gasteiger partial charge in [-0.05, 0) is 59.7 Å². The van der Waals surface area contributed by atoms with Crippen LogP contribution in [0.1, 0.15) is 41.0 Å². The molecule has 0 aromatic heterocycles. The highest BCUT2D eigenvalue weighted by molar-refractivity contribution is 6.09. The van der Waals surface area contributed by atoms with Gasteiger partial charge in [0.15, 0.2) is 11.5 Å². The fourth-order valence-corrected chi connectivity index (χ4v) is 3.91. The zero-order valence-electron chi connectivity index (χ0n) is 17.8. The Labute approximate surface area is 185 Å². The van der Waals surface area contributed by atoms with Gasteiger partial charge in [0.25, 0.3) is 5.91 Å². The molecule has 2 N–H and O–H groups in total. The minimum Gasteiger partial charge on any atom is -0.435 e. The molecule has 1 atom stereocenters. The van der Waals surface area contributed by atoms with E-state index in [0.717, 1.165) is 12.8 Å². The number of aliphatic imine (C=N–C) groups is 1. The summed E-state index contributed by atoms with van der Waals surface area (Å²) in [5.41, 5.74) is 7.07. The normalized spacial score (nSPS) is 20.2. The molecule has 2 aromatic carbocycles. The maximum absolute atomic E-state index is 13.5. The first-order valence-electron chi connectivity index (χ1n) is 10.2. The van der Waals surface area contributed by atoms with Gasteiger partial charge in [-0.1, -0.05) is 30.0 Å². The first-order chi connectivity index (χ1) is 15.4. The molecule has 4 rings (SSSR count). The van der Waals surface area contributed by atoms with Crippen molar-refractivity contribution in [3.8, 4) is 17.6 Å². The van der Waals surface area contributed by atoms with Crippen LogP contribution in [0.15, 0.2) is 47.5 Å². The first kappa shape index (κ1) is 21.8. The molecule has 1 heterocycles. The van der Waals surface area contributed by atoms with E-state index in [4.69, 9.17) is 15.2 Å². The van der Waals surface area contributed by atoms with E-state index in [2.05, 4.69) is 16.8 Å². The molecule has 1 aliphatic heterocycles. The van der Waals surface area contributed by atoms with E-state index < -0.39 is 12.2 Å². The van der Waals surface area contributed by atoms with Gasteiger partial charge in [-0.2, -0.15) is 8.78 Å². The minimum absolute atomic E-state index is 0.0757. The highest BCUT2D eigenvalue weighted by atomic mass is 19.3. The van der Waals surface area contributed by atoms with Crippen molar-refractivity contribution in [1.82, 2.24) is 4.90 Å². The van der Waals surface area contributed by atoms with Gasteiger partial charge in [0.1, 0.15) is 12.4 Å². The average Bonchev–Trinajstić information content (AvgIpc) is 3.59. The number of likely N-dealkylation sites (N-methyl/N-ethyl adjacent to an activating group) is 1. The van der Waals surface area contributed by atoms with Gasteiger partial charge in [-0.15, -0.1) is 0 Å². The van der Waals surface area contributed by atoms with Gasteiger partial charge < -0.3 is 15.2 Å². The smallest absolute Gasteiger partial charge is 0.387 e. The van der Waals surface area contributed by atoms with Gasteiger partial charge in [0, 0.05) is 19.7 Å². The number of nitrogens with zero attached hydrogens (tertiary/aromatic N) is 2. The fraction of sp³-hybridized carbons (Fsp3) is 0.333. The first-order valence-corrected chi connectivity index (χ1v) is 10.2. The molecular formula is C24H23F2N3O3. The van der Waals surface area contributed by atoms with Gasteiger partial charge in [-0.3, -0.25) is 9.69 Å². The molecule has 0 saturated heterocycles. The van der Waals surface area contributed by atoms with E-state index in [1.54, 1.807) is 44.5 Å². The van der Waals surface area contributed by atoms with Crippen molar-refractivity contribution in [2.45, 2.75) is 30.9 Å².